The van der Waals surface area contributed by atoms with Crippen LogP contribution in [0.3, 0.4) is 0 Å². The fraction of sp³-hybridized carbons (Fsp3) is 0.464. The van der Waals surface area contributed by atoms with Crippen LogP contribution in [0, 0.1) is 6.92 Å². The Kier molecular flexibility index (Phi) is 10.5. The van der Waals surface area contributed by atoms with Gasteiger partial charge >= 0.3 is 5.97 Å². The lowest BCUT2D eigenvalue weighted by atomic mass is 9.93. The third-order valence-electron chi connectivity index (χ3n) is 5.74. The number of methoxy groups -OCH3 is 1. The average Bonchev–Trinajstić information content (AvgIpc) is 2.76. The standard InChI is InChI=1S/C28H38O3/c1-6-7-8-9-23-10-12-24(13-11-23)14-15-25-16-17-26(18-22(25)4)27(19-30-5)20-31-28(29)21(2)3/h10-13,16-18,27H,2,6-9,14-15,19-20H2,1,3-5H3. The maximum Gasteiger partial charge on any atom is 0.333 e. The van der Waals surface area contributed by atoms with Crippen molar-refractivity contribution in [2.75, 3.05) is 20.3 Å². The van der Waals surface area contributed by atoms with Gasteiger partial charge in [-0.2, -0.15) is 0 Å². The Morgan fingerprint density at radius 3 is 2.23 bits per heavy atom. The summed E-state index contributed by atoms with van der Waals surface area (Å²) in [5, 5.41) is 0. The zero-order chi connectivity index (χ0) is 22.6. The summed E-state index contributed by atoms with van der Waals surface area (Å²) in [6.07, 6.45) is 7.07. The lowest BCUT2D eigenvalue weighted by Gasteiger charge is -2.18. The molecule has 1 unspecified atom stereocenters. The molecule has 1 atom stereocenters. The van der Waals surface area contributed by atoms with E-state index in [1.54, 1.807) is 14.0 Å². The molecule has 3 heteroatoms. The fourth-order valence-electron chi connectivity index (χ4n) is 3.73. The van der Waals surface area contributed by atoms with Gasteiger partial charge in [0.25, 0.3) is 0 Å². The molecule has 0 heterocycles. The summed E-state index contributed by atoms with van der Waals surface area (Å²) in [4.78, 5) is 11.7. The molecule has 0 aromatic heterocycles. The summed E-state index contributed by atoms with van der Waals surface area (Å²) in [5.41, 5.74) is 6.98. The molecule has 0 amide bonds. The largest absolute Gasteiger partial charge is 0.462 e. The minimum atomic E-state index is -0.356. The Hall–Kier alpha value is -2.39. The third-order valence-corrected chi connectivity index (χ3v) is 5.74. The van der Waals surface area contributed by atoms with Gasteiger partial charge in [0.1, 0.15) is 6.61 Å². The molecule has 3 nitrogen and oxygen atoms in total. The number of carbonyl (C=O) groups excluding carboxylic acids is 1. The van der Waals surface area contributed by atoms with E-state index in [9.17, 15) is 4.79 Å². The highest BCUT2D eigenvalue weighted by molar-refractivity contribution is 5.86. The first-order valence-electron chi connectivity index (χ1n) is 11.4. The lowest BCUT2D eigenvalue weighted by molar-refractivity contribution is -0.139. The highest BCUT2D eigenvalue weighted by Crippen LogP contribution is 2.22. The Labute approximate surface area is 188 Å². The molecule has 0 aliphatic heterocycles. The van der Waals surface area contributed by atoms with Crippen LogP contribution in [0.1, 0.15) is 66.8 Å². The van der Waals surface area contributed by atoms with Gasteiger partial charge in [0.15, 0.2) is 0 Å². The van der Waals surface area contributed by atoms with Crippen molar-refractivity contribution in [3.8, 4) is 0 Å². The fourth-order valence-corrected chi connectivity index (χ4v) is 3.73. The number of benzene rings is 2. The number of carbonyl (C=O) groups is 1. The van der Waals surface area contributed by atoms with E-state index in [1.165, 1.54) is 47.9 Å². The van der Waals surface area contributed by atoms with E-state index in [0.717, 1.165) is 18.4 Å². The van der Waals surface area contributed by atoms with Crippen molar-refractivity contribution in [2.45, 2.75) is 65.2 Å². The molecule has 0 saturated carbocycles. The molecule has 0 fully saturated rings. The summed E-state index contributed by atoms with van der Waals surface area (Å²) in [6.45, 7) is 10.5. The van der Waals surface area contributed by atoms with Crippen molar-refractivity contribution in [3.63, 3.8) is 0 Å². The molecule has 0 bridgehead atoms. The van der Waals surface area contributed by atoms with E-state index in [1.807, 2.05) is 0 Å². The van der Waals surface area contributed by atoms with Crippen LogP contribution in [0.25, 0.3) is 0 Å². The van der Waals surface area contributed by atoms with E-state index in [4.69, 9.17) is 9.47 Å². The van der Waals surface area contributed by atoms with Crippen molar-refractivity contribution >= 4 is 5.97 Å². The average molecular weight is 423 g/mol. The molecule has 0 N–H and O–H groups in total. The van der Waals surface area contributed by atoms with Crippen LogP contribution in [0.5, 0.6) is 0 Å². The second kappa shape index (κ2) is 13.1. The summed E-state index contributed by atoms with van der Waals surface area (Å²) in [5.74, 6) is -0.341. The molecule has 0 radical (unpaired) electrons. The number of hydrogen-bond acceptors (Lipinski definition) is 3. The predicted octanol–water partition coefficient (Wildman–Crippen LogP) is 6.36. The minimum Gasteiger partial charge on any atom is -0.462 e. The van der Waals surface area contributed by atoms with Crippen molar-refractivity contribution < 1.29 is 14.3 Å². The third kappa shape index (κ3) is 8.34. The highest BCUT2D eigenvalue weighted by Gasteiger charge is 2.16. The van der Waals surface area contributed by atoms with E-state index in [-0.39, 0.29) is 11.9 Å². The van der Waals surface area contributed by atoms with Crippen LogP contribution in [0.2, 0.25) is 0 Å². The van der Waals surface area contributed by atoms with Gasteiger partial charge in [-0.15, -0.1) is 0 Å². The summed E-state index contributed by atoms with van der Waals surface area (Å²) >= 11 is 0. The van der Waals surface area contributed by atoms with Crippen molar-refractivity contribution in [3.05, 3.63) is 82.4 Å². The van der Waals surface area contributed by atoms with Gasteiger partial charge in [-0.1, -0.05) is 68.8 Å². The van der Waals surface area contributed by atoms with Crippen LogP contribution in [-0.2, 0) is 33.5 Å². The van der Waals surface area contributed by atoms with Gasteiger partial charge < -0.3 is 9.47 Å². The highest BCUT2D eigenvalue weighted by atomic mass is 16.5. The lowest BCUT2D eigenvalue weighted by Crippen LogP contribution is -2.17. The summed E-state index contributed by atoms with van der Waals surface area (Å²) in [6, 6.07) is 15.6. The monoisotopic (exact) mass is 422 g/mol. The zero-order valence-corrected chi connectivity index (χ0v) is 19.7. The van der Waals surface area contributed by atoms with Gasteiger partial charge in [-0.25, -0.2) is 4.79 Å². The summed E-state index contributed by atoms with van der Waals surface area (Å²) in [7, 11) is 1.67. The van der Waals surface area contributed by atoms with Gasteiger partial charge in [0, 0.05) is 18.6 Å². The van der Waals surface area contributed by atoms with Crippen LogP contribution in [0.15, 0.2) is 54.6 Å². The number of aryl methyl sites for hydroxylation is 4. The van der Waals surface area contributed by atoms with Crippen molar-refractivity contribution in [1.82, 2.24) is 0 Å². The molecular weight excluding hydrogens is 384 g/mol. The van der Waals surface area contributed by atoms with Crippen LogP contribution < -0.4 is 0 Å². The molecule has 2 rings (SSSR count). The van der Waals surface area contributed by atoms with Gasteiger partial charge in [-0.05, 0) is 67.3 Å². The number of unbranched alkanes of at least 4 members (excludes halogenated alkanes) is 2. The second-order valence-corrected chi connectivity index (χ2v) is 8.49. The molecule has 2 aromatic rings. The van der Waals surface area contributed by atoms with Crippen LogP contribution in [0.4, 0.5) is 0 Å². The normalized spacial score (nSPS) is 11.9. The molecular formula is C28H38O3. The van der Waals surface area contributed by atoms with Gasteiger partial charge in [0.05, 0.1) is 6.61 Å². The van der Waals surface area contributed by atoms with Crippen molar-refractivity contribution in [1.29, 1.82) is 0 Å². The van der Waals surface area contributed by atoms with E-state index in [0.29, 0.717) is 18.8 Å². The first-order valence-corrected chi connectivity index (χ1v) is 11.4. The minimum absolute atomic E-state index is 0.0151. The molecule has 31 heavy (non-hydrogen) atoms. The number of hydrogen-bond donors (Lipinski definition) is 0. The Bertz CT molecular complexity index is 836. The zero-order valence-electron chi connectivity index (χ0n) is 19.7. The van der Waals surface area contributed by atoms with E-state index < -0.39 is 0 Å². The van der Waals surface area contributed by atoms with Crippen molar-refractivity contribution in [2.24, 2.45) is 0 Å². The maximum atomic E-state index is 11.7. The molecule has 2 aromatic carbocycles. The topological polar surface area (TPSA) is 35.5 Å². The molecule has 0 aliphatic rings. The number of ether oxygens (including phenoxy) is 2. The summed E-state index contributed by atoms with van der Waals surface area (Å²) < 4.78 is 10.7. The van der Waals surface area contributed by atoms with Gasteiger partial charge in [0.2, 0.25) is 0 Å². The number of esters is 1. The number of rotatable bonds is 13. The second-order valence-electron chi connectivity index (χ2n) is 8.49. The Morgan fingerprint density at radius 2 is 1.65 bits per heavy atom. The first kappa shape index (κ1) is 24.9. The molecule has 0 saturated heterocycles. The Morgan fingerprint density at radius 1 is 0.968 bits per heavy atom. The van der Waals surface area contributed by atoms with E-state index >= 15 is 0 Å². The molecule has 0 spiro atoms. The van der Waals surface area contributed by atoms with E-state index in [2.05, 4.69) is 62.9 Å². The maximum absolute atomic E-state index is 11.7. The smallest absolute Gasteiger partial charge is 0.333 e. The van der Waals surface area contributed by atoms with Crippen LogP contribution in [-0.4, -0.2) is 26.3 Å². The quantitative estimate of drug-likeness (QED) is 0.214. The molecule has 168 valence electrons. The predicted molar refractivity (Wildman–Crippen MR) is 129 cm³/mol. The van der Waals surface area contributed by atoms with Crippen LogP contribution >= 0.6 is 0 Å². The SMILES string of the molecule is C=C(C)C(=O)OCC(COC)c1ccc(CCc2ccc(CCCCC)cc2)c(C)c1. The Balaban J connectivity index is 1.96. The first-order chi connectivity index (χ1) is 14.9. The van der Waals surface area contributed by atoms with Gasteiger partial charge in [-0.3, -0.25) is 0 Å². The molecule has 0 aliphatic carbocycles.